The SMILES string of the molecule is Cc1ccc2nc(-c3ccc(C(=O)N/N=C/c4ccc(O)cc4)cc3)[nH]c2c1. The molecule has 0 radical (unpaired) electrons. The van der Waals surface area contributed by atoms with Gasteiger partial charge in [-0.2, -0.15) is 5.10 Å². The number of benzene rings is 3. The highest BCUT2D eigenvalue weighted by atomic mass is 16.3. The molecule has 0 saturated carbocycles. The van der Waals surface area contributed by atoms with Crippen LogP contribution in [0.5, 0.6) is 5.75 Å². The molecule has 0 unspecified atom stereocenters. The van der Waals surface area contributed by atoms with Gasteiger partial charge in [-0.3, -0.25) is 4.79 Å². The molecule has 0 fully saturated rings. The minimum atomic E-state index is -0.304. The van der Waals surface area contributed by atoms with E-state index in [1.165, 1.54) is 11.8 Å². The van der Waals surface area contributed by atoms with Crippen LogP contribution in [-0.2, 0) is 0 Å². The minimum absolute atomic E-state index is 0.181. The largest absolute Gasteiger partial charge is 0.508 e. The molecule has 0 saturated heterocycles. The van der Waals surface area contributed by atoms with E-state index in [0.717, 1.165) is 28.0 Å². The van der Waals surface area contributed by atoms with E-state index in [1.54, 1.807) is 36.4 Å². The molecule has 4 rings (SSSR count). The fourth-order valence-electron chi connectivity index (χ4n) is 2.83. The first-order valence-corrected chi connectivity index (χ1v) is 8.78. The van der Waals surface area contributed by atoms with Gasteiger partial charge in [0.05, 0.1) is 17.2 Å². The van der Waals surface area contributed by atoms with Crippen LogP contribution >= 0.6 is 0 Å². The number of aromatic nitrogens is 2. The highest BCUT2D eigenvalue weighted by Gasteiger charge is 2.08. The van der Waals surface area contributed by atoms with Crippen molar-refractivity contribution in [2.75, 3.05) is 0 Å². The summed E-state index contributed by atoms with van der Waals surface area (Å²) in [6.45, 7) is 2.04. The first-order valence-electron chi connectivity index (χ1n) is 8.78. The van der Waals surface area contributed by atoms with E-state index in [2.05, 4.69) is 26.6 Å². The van der Waals surface area contributed by atoms with E-state index in [-0.39, 0.29) is 11.7 Å². The van der Waals surface area contributed by atoms with Crippen LogP contribution in [0, 0.1) is 6.92 Å². The Labute approximate surface area is 161 Å². The number of rotatable bonds is 4. The fraction of sp³-hybridized carbons (Fsp3) is 0.0455. The van der Waals surface area contributed by atoms with Gasteiger partial charge < -0.3 is 10.1 Å². The summed E-state index contributed by atoms with van der Waals surface area (Å²) in [7, 11) is 0. The summed E-state index contributed by atoms with van der Waals surface area (Å²) >= 11 is 0. The van der Waals surface area contributed by atoms with Crippen LogP contribution in [0.4, 0.5) is 0 Å². The lowest BCUT2D eigenvalue weighted by Crippen LogP contribution is -2.17. The smallest absolute Gasteiger partial charge is 0.271 e. The van der Waals surface area contributed by atoms with Crippen molar-refractivity contribution < 1.29 is 9.90 Å². The van der Waals surface area contributed by atoms with Gasteiger partial charge in [0, 0.05) is 11.1 Å². The number of imidazole rings is 1. The third kappa shape index (κ3) is 3.76. The topological polar surface area (TPSA) is 90.4 Å². The number of hydrogen-bond donors (Lipinski definition) is 3. The van der Waals surface area contributed by atoms with Crippen molar-refractivity contribution in [1.29, 1.82) is 0 Å². The van der Waals surface area contributed by atoms with Crippen molar-refractivity contribution in [2.45, 2.75) is 6.92 Å². The number of carbonyl (C=O) groups is 1. The maximum atomic E-state index is 12.2. The molecule has 0 atom stereocenters. The zero-order valence-corrected chi connectivity index (χ0v) is 15.2. The molecule has 0 spiro atoms. The minimum Gasteiger partial charge on any atom is -0.508 e. The lowest BCUT2D eigenvalue weighted by Gasteiger charge is -2.01. The number of nitrogens with zero attached hydrogens (tertiary/aromatic N) is 2. The summed E-state index contributed by atoms with van der Waals surface area (Å²) in [4.78, 5) is 20.1. The highest BCUT2D eigenvalue weighted by Crippen LogP contribution is 2.21. The molecule has 1 amide bonds. The van der Waals surface area contributed by atoms with Crippen molar-refractivity contribution in [2.24, 2.45) is 5.10 Å². The van der Waals surface area contributed by atoms with Crippen molar-refractivity contribution in [1.82, 2.24) is 15.4 Å². The third-order valence-corrected chi connectivity index (χ3v) is 4.33. The normalized spacial score (nSPS) is 11.2. The van der Waals surface area contributed by atoms with Gasteiger partial charge in [-0.15, -0.1) is 0 Å². The first kappa shape index (κ1) is 17.5. The quantitative estimate of drug-likeness (QED) is 0.374. The zero-order chi connectivity index (χ0) is 19.5. The Morgan fingerprint density at radius 3 is 2.57 bits per heavy atom. The fourth-order valence-corrected chi connectivity index (χ4v) is 2.83. The van der Waals surface area contributed by atoms with Crippen LogP contribution in [0.2, 0.25) is 0 Å². The van der Waals surface area contributed by atoms with Gasteiger partial charge in [0.25, 0.3) is 5.91 Å². The Kier molecular flexibility index (Phi) is 4.60. The highest BCUT2D eigenvalue weighted by molar-refractivity contribution is 5.95. The van der Waals surface area contributed by atoms with E-state index in [1.807, 2.05) is 31.2 Å². The molecule has 0 aliphatic heterocycles. The molecular weight excluding hydrogens is 352 g/mol. The number of carbonyl (C=O) groups excluding carboxylic acids is 1. The summed E-state index contributed by atoms with van der Waals surface area (Å²) < 4.78 is 0. The lowest BCUT2D eigenvalue weighted by atomic mass is 10.1. The van der Waals surface area contributed by atoms with E-state index < -0.39 is 0 Å². The Morgan fingerprint density at radius 2 is 1.82 bits per heavy atom. The van der Waals surface area contributed by atoms with Crippen molar-refractivity contribution in [3.05, 3.63) is 83.4 Å². The van der Waals surface area contributed by atoms with Gasteiger partial charge in [0.2, 0.25) is 0 Å². The number of hydrogen-bond acceptors (Lipinski definition) is 4. The number of aryl methyl sites for hydroxylation is 1. The molecule has 1 heterocycles. The lowest BCUT2D eigenvalue weighted by molar-refractivity contribution is 0.0955. The number of phenols is 1. The first-order chi connectivity index (χ1) is 13.6. The predicted molar refractivity (Wildman–Crippen MR) is 109 cm³/mol. The maximum absolute atomic E-state index is 12.2. The van der Waals surface area contributed by atoms with Crippen LogP contribution in [-0.4, -0.2) is 27.2 Å². The molecule has 0 bridgehead atoms. The molecular formula is C22H18N4O2. The van der Waals surface area contributed by atoms with Crippen LogP contribution in [0.1, 0.15) is 21.5 Å². The van der Waals surface area contributed by atoms with Gasteiger partial charge in [0.15, 0.2) is 0 Å². The van der Waals surface area contributed by atoms with Crippen LogP contribution < -0.4 is 5.43 Å². The van der Waals surface area contributed by atoms with Crippen molar-refractivity contribution in [3.63, 3.8) is 0 Å². The van der Waals surface area contributed by atoms with Crippen molar-refractivity contribution >= 4 is 23.2 Å². The number of phenolic OH excluding ortho intramolecular Hbond substituents is 1. The molecule has 1 aromatic heterocycles. The standard InChI is InChI=1S/C22H18N4O2/c1-14-2-11-19-20(12-14)25-21(24-19)16-5-7-17(8-6-16)22(28)26-23-13-15-3-9-18(27)10-4-15/h2-13,27H,1H3,(H,24,25)(H,26,28)/b23-13+. The third-order valence-electron chi connectivity index (χ3n) is 4.33. The molecule has 3 aromatic carbocycles. The molecule has 3 N–H and O–H groups in total. The van der Waals surface area contributed by atoms with Crippen LogP contribution in [0.3, 0.4) is 0 Å². The summed E-state index contributed by atoms with van der Waals surface area (Å²) in [6.07, 6.45) is 1.52. The summed E-state index contributed by atoms with van der Waals surface area (Å²) in [5.41, 5.74) is 7.73. The summed E-state index contributed by atoms with van der Waals surface area (Å²) in [6, 6.07) is 19.8. The molecule has 6 nitrogen and oxygen atoms in total. The molecule has 4 aromatic rings. The second-order valence-electron chi connectivity index (χ2n) is 6.47. The van der Waals surface area contributed by atoms with Crippen LogP contribution in [0.15, 0.2) is 71.8 Å². The second-order valence-corrected chi connectivity index (χ2v) is 6.47. The Bertz CT molecular complexity index is 1160. The molecule has 28 heavy (non-hydrogen) atoms. The summed E-state index contributed by atoms with van der Waals surface area (Å²) in [5, 5.41) is 13.2. The number of nitrogens with one attached hydrogen (secondary N) is 2. The predicted octanol–water partition coefficient (Wildman–Crippen LogP) is 4.01. The average molecular weight is 370 g/mol. The molecule has 0 aliphatic carbocycles. The second kappa shape index (κ2) is 7.36. The number of amides is 1. The van der Waals surface area contributed by atoms with Gasteiger partial charge in [-0.05, 0) is 66.6 Å². The van der Waals surface area contributed by atoms with E-state index in [0.29, 0.717) is 5.56 Å². The molecule has 6 heteroatoms. The van der Waals surface area contributed by atoms with Gasteiger partial charge >= 0.3 is 0 Å². The van der Waals surface area contributed by atoms with Crippen LogP contribution in [0.25, 0.3) is 22.4 Å². The molecule has 138 valence electrons. The van der Waals surface area contributed by atoms with E-state index >= 15 is 0 Å². The number of H-pyrrole nitrogens is 1. The van der Waals surface area contributed by atoms with Gasteiger partial charge in [-0.1, -0.05) is 18.2 Å². The summed E-state index contributed by atoms with van der Waals surface area (Å²) in [5.74, 6) is 0.639. The van der Waals surface area contributed by atoms with E-state index in [9.17, 15) is 9.90 Å². The monoisotopic (exact) mass is 370 g/mol. The Hall–Kier alpha value is -3.93. The number of hydrazone groups is 1. The van der Waals surface area contributed by atoms with Gasteiger partial charge in [-0.25, -0.2) is 10.4 Å². The molecule has 0 aliphatic rings. The van der Waals surface area contributed by atoms with E-state index in [4.69, 9.17) is 0 Å². The average Bonchev–Trinajstić information content (AvgIpc) is 3.12. The Balaban J connectivity index is 1.45. The number of aromatic amines is 1. The maximum Gasteiger partial charge on any atom is 0.271 e. The zero-order valence-electron chi connectivity index (χ0n) is 15.2. The van der Waals surface area contributed by atoms with Gasteiger partial charge in [0.1, 0.15) is 11.6 Å². The van der Waals surface area contributed by atoms with Crippen molar-refractivity contribution in [3.8, 4) is 17.1 Å². The number of fused-ring (bicyclic) bond motifs is 1. The Morgan fingerprint density at radius 1 is 1.07 bits per heavy atom. The number of aromatic hydroxyl groups is 1.